The van der Waals surface area contributed by atoms with Gasteiger partial charge in [0.05, 0.1) is 17.5 Å². The standard InChI is InChI=1S/C9H12F2N2/c10-6-3-8(12)9(4-7(6)11)13-5-1-2-5/h5-7,12H,1-4H2. The van der Waals surface area contributed by atoms with Gasteiger partial charge in [-0.15, -0.1) is 0 Å². The van der Waals surface area contributed by atoms with Gasteiger partial charge in [0.2, 0.25) is 0 Å². The van der Waals surface area contributed by atoms with Crippen molar-refractivity contribution in [1.29, 1.82) is 5.41 Å². The van der Waals surface area contributed by atoms with E-state index in [1.165, 1.54) is 0 Å². The maximum Gasteiger partial charge on any atom is 0.137 e. The third-order valence-corrected chi connectivity index (χ3v) is 2.41. The molecule has 2 saturated carbocycles. The summed E-state index contributed by atoms with van der Waals surface area (Å²) in [5.41, 5.74) is 0.678. The van der Waals surface area contributed by atoms with Crippen LogP contribution in [0.2, 0.25) is 0 Å². The minimum atomic E-state index is -1.49. The van der Waals surface area contributed by atoms with Gasteiger partial charge in [-0.2, -0.15) is 0 Å². The number of hydrogen-bond acceptors (Lipinski definition) is 2. The maximum atomic E-state index is 12.9. The zero-order valence-corrected chi connectivity index (χ0v) is 7.26. The van der Waals surface area contributed by atoms with Crippen LogP contribution in [0, 0.1) is 5.41 Å². The van der Waals surface area contributed by atoms with Crippen LogP contribution in [0.1, 0.15) is 25.7 Å². The lowest BCUT2D eigenvalue weighted by atomic mass is 9.93. The highest BCUT2D eigenvalue weighted by molar-refractivity contribution is 6.42. The lowest BCUT2D eigenvalue weighted by Gasteiger charge is -2.21. The topological polar surface area (TPSA) is 36.2 Å². The third kappa shape index (κ3) is 1.92. The summed E-state index contributed by atoms with van der Waals surface area (Å²) in [4.78, 5) is 4.20. The summed E-state index contributed by atoms with van der Waals surface area (Å²) in [5, 5.41) is 7.45. The second kappa shape index (κ2) is 3.16. The second-order valence-electron chi connectivity index (χ2n) is 3.73. The largest absolute Gasteiger partial charge is 0.303 e. The van der Waals surface area contributed by atoms with E-state index >= 15 is 0 Å². The molecule has 0 bridgehead atoms. The molecule has 0 radical (unpaired) electrons. The van der Waals surface area contributed by atoms with Gasteiger partial charge in [0.25, 0.3) is 0 Å². The molecule has 2 unspecified atom stereocenters. The molecule has 0 amide bonds. The van der Waals surface area contributed by atoms with Crippen LogP contribution in [0.25, 0.3) is 0 Å². The molecule has 2 aliphatic rings. The number of nitrogens with zero attached hydrogens (tertiary/aromatic N) is 1. The molecule has 4 heteroatoms. The number of aliphatic imine (C=N–C) groups is 1. The monoisotopic (exact) mass is 186 g/mol. The zero-order valence-electron chi connectivity index (χ0n) is 7.26. The van der Waals surface area contributed by atoms with Crippen LogP contribution in [0.15, 0.2) is 4.99 Å². The molecule has 0 aromatic carbocycles. The number of nitrogens with one attached hydrogen (secondary N) is 1. The molecule has 0 aromatic heterocycles. The van der Waals surface area contributed by atoms with E-state index in [4.69, 9.17) is 5.41 Å². The van der Waals surface area contributed by atoms with Crippen LogP contribution in [-0.2, 0) is 0 Å². The first-order valence-electron chi connectivity index (χ1n) is 4.59. The summed E-state index contributed by atoms with van der Waals surface area (Å²) in [7, 11) is 0. The summed E-state index contributed by atoms with van der Waals surface area (Å²) in [5.74, 6) is 0. The first-order valence-corrected chi connectivity index (χ1v) is 4.59. The molecule has 72 valence electrons. The molecule has 2 rings (SSSR count). The van der Waals surface area contributed by atoms with Crippen molar-refractivity contribution in [3.05, 3.63) is 0 Å². The van der Waals surface area contributed by atoms with Crippen LogP contribution in [0.5, 0.6) is 0 Å². The predicted molar refractivity (Wildman–Crippen MR) is 47.2 cm³/mol. The number of hydrogen-bond donors (Lipinski definition) is 1. The summed E-state index contributed by atoms with van der Waals surface area (Å²) >= 11 is 0. The second-order valence-corrected chi connectivity index (χ2v) is 3.73. The minimum absolute atomic E-state index is 0.00347. The fourth-order valence-corrected chi connectivity index (χ4v) is 1.43. The molecule has 0 aliphatic heterocycles. The molecule has 0 spiro atoms. The van der Waals surface area contributed by atoms with E-state index in [-0.39, 0.29) is 18.6 Å². The summed E-state index contributed by atoms with van der Waals surface area (Å²) in [6.07, 6.45) is -0.986. The Balaban J connectivity index is 2.06. The Bertz CT molecular complexity index is 258. The average molecular weight is 186 g/mol. The quantitative estimate of drug-likeness (QED) is 0.651. The lowest BCUT2D eigenvalue weighted by molar-refractivity contribution is 0.174. The molecule has 1 N–H and O–H groups in total. The Hall–Kier alpha value is -0.800. The van der Waals surface area contributed by atoms with Crippen molar-refractivity contribution in [2.24, 2.45) is 4.99 Å². The molecular formula is C9H12F2N2. The SMILES string of the molecule is N=C1CC(F)C(F)CC1=NC1CC1. The van der Waals surface area contributed by atoms with Crippen molar-refractivity contribution in [2.75, 3.05) is 0 Å². The molecule has 0 heterocycles. The van der Waals surface area contributed by atoms with Crippen LogP contribution >= 0.6 is 0 Å². The van der Waals surface area contributed by atoms with E-state index < -0.39 is 12.3 Å². The molecular weight excluding hydrogens is 174 g/mol. The maximum absolute atomic E-state index is 12.9. The van der Waals surface area contributed by atoms with E-state index in [0.29, 0.717) is 11.8 Å². The minimum Gasteiger partial charge on any atom is -0.303 e. The van der Waals surface area contributed by atoms with Crippen LogP contribution in [-0.4, -0.2) is 29.8 Å². The fourth-order valence-electron chi connectivity index (χ4n) is 1.43. The summed E-state index contributed by atoms with van der Waals surface area (Å²) in [6.45, 7) is 0. The highest BCUT2D eigenvalue weighted by atomic mass is 19.2. The molecule has 13 heavy (non-hydrogen) atoms. The van der Waals surface area contributed by atoms with Gasteiger partial charge in [-0.1, -0.05) is 0 Å². The van der Waals surface area contributed by atoms with E-state index in [1.54, 1.807) is 0 Å². The Morgan fingerprint density at radius 2 is 1.77 bits per heavy atom. The van der Waals surface area contributed by atoms with E-state index in [1.807, 2.05) is 0 Å². The molecule has 2 fully saturated rings. The lowest BCUT2D eigenvalue weighted by Crippen LogP contribution is -2.34. The normalized spacial score (nSPS) is 38.3. The smallest absolute Gasteiger partial charge is 0.137 e. The van der Waals surface area contributed by atoms with Gasteiger partial charge < -0.3 is 5.41 Å². The van der Waals surface area contributed by atoms with Crippen LogP contribution in [0.4, 0.5) is 8.78 Å². The molecule has 2 aliphatic carbocycles. The first-order chi connectivity index (χ1) is 6.16. The van der Waals surface area contributed by atoms with Gasteiger partial charge in [-0.25, -0.2) is 8.78 Å². The summed E-state index contributed by atoms with van der Waals surface area (Å²) < 4.78 is 25.7. The fraction of sp³-hybridized carbons (Fsp3) is 0.778. The number of rotatable bonds is 1. The van der Waals surface area contributed by atoms with Gasteiger partial charge in [-0.05, 0) is 12.8 Å². The highest BCUT2D eigenvalue weighted by Crippen LogP contribution is 2.27. The van der Waals surface area contributed by atoms with Crippen molar-refractivity contribution >= 4 is 11.4 Å². The van der Waals surface area contributed by atoms with Crippen molar-refractivity contribution in [3.63, 3.8) is 0 Å². The highest BCUT2D eigenvalue weighted by Gasteiger charge is 2.33. The molecule has 2 nitrogen and oxygen atoms in total. The molecule has 2 atom stereocenters. The third-order valence-electron chi connectivity index (χ3n) is 2.41. The number of halogens is 2. The number of alkyl halides is 2. The van der Waals surface area contributed by atoms with Gasteiger partial charge in [0.1, 0.15) is 12.3 Å². The van der Waals surface area contributed by atoms with Crippen LogP contribution < -0.4 is 0 Å². The van der Waals surface area contributed by atoms with Crippen molar-refractivity contribution in [3.8, 4) is 0 Å². The molecule has 0 saturated heterocycles. The zero-order chi connectivity index (χ0) is 9.42. The molecule has 0 aromatic rings. The van der Waals surface area contributed by atoms with Crippen molar-refractivity contribution in [1.82, 2.24) is 0 Å². The summed E-state index contributed by atoms with van der Waals surface area (Å²) in [6, 6.07) is 0.290. The van der Waals surface area contributed by atoms with Gasteiger partial charge in [-0.3, -0.25) is 4.99 Å². The Morgan fingerprint density at radius 3 is 2.38 bits per heavy atom. The van der Waals surface area contributed by atoms with Gasteiger partial charge in [0.15, 0.2) is 0 Å². The van der Waals surface area contributed by atoms with Crippen molar-refractivity contribution < 1.29 is 8.78 Å². The van der Waals surface area contributed by atoms with E-state index in [0.717, 1.165) is 12.8 Å². The Morgan fingerprint density at radius 1 is 1.15 bits per heavy atom. The van der Waals surface area contributed by atoms with E-state index in [9.17, 15) is 8.78 Å². The first kappa shape index (κ1) is 8.78. The Kier molecular flexibility index (Phi) is 2.14. The van der Waals surface area contributed by atoms with Gasteiger partial charge in [0, 0.05) is 12.8 Å². The Labute approximate surface area is 75.6 Å². The van der Waals surface area contributed by atoms with Crippen molar-refractivity contribution in [2.45, 2.75) is 44.1 Å². The van der Waals surface area contributed by atoms with Gasteiger partial charge >= 0.3 is 0 Å². The van der Waals surface area contributed by atoms with E-state index in [2.05, 4.69) is 4.99 Å². The predicted octanol–water partition coefficient (Wildman–Crippen LogP) is 2.08. The average Bonchev–Trinajstić information content (AvgIpc) is 2.84. The van der Waals surface area contributed by atoms with Crippen LogP contribution in [0.3, 0.4) is 0 Å².